The summed E-state index contributed by atoms with van der Waals surface area (Å²) in [5.74, 6) is -1.19. The first-order valence-electron chi connectivity index (χ1n) is 13.0. The second kappa shape index (κ2) is 11.5. The molecule has 1 heterocycles. The summed E-state index contributed by atoms with van der Waals surface area (Å²) in [6.07, 6.45) is 5.40. The molecule has 0 aromatic heterocycles. The van der Waals surface area contributed by atoms with Gasteiger partial charge in [0.05, 0.1) is 5.56 Å². The highest BCUT2D eigenvalue weighted by Crippen LogP contribution is 2.30. The summed E-state index contributed by atoms with van der Waals surface area (Å²) in [5, 5.41) is 3.14. The van der Waals surface area contributed by atoms with Gasteiger partial charge in [-0.2, -0.15) is 0 Å². The molecular weight excluding hydrogens is 490 g/mol. The molecule has 0 spiro atoms. The largest absolute Gasteiger partial charge is 0.352 e. The zero-order valence-electron chi connectivity index (χ0n) is 21.5. The van der Waals surface area contributed by atoms with Crippen molar-refractivity contribution in [2.24, 2.45) is 0 Å². The first kappa shape index (κ1) is 26.9. The van der Waals surface area contributed by atoms with E-state index in [9.17, 15) is 22.8 Å². The van der Waals surface area contributed by atoms with E-state index in [0.717, 1.165) is 41.1 Å². The van der Waals surface area contributed by atoms with Crippen LogP contribution in [-0.2, 0) is 26.2 Å². The average molecular weight is 526 g/mol. The molecule has 1 N–H and O–H groups in total. The topological polar surface area (TPSA) is 104 Å². The molecule has 2 aromatic carbocycles. The molecule has 8 nitrogen and oxygen atoms in total. The van der Waals surface area contributed by atoms with Gasteiger partial charge in [-0.3, -0.25) is 14.4 Å². The van der Waals surface area contributed by atoms with E-state index >= 15 is 0 Å². The van der Waals surface area contributed by atoms with E-state index in [0.29, 0.717) is 6.42 Å². The lowest BCUT2D eigenvalue weighted by Crippen LogP contribution is -2.52. The van der Waals surface area contributed by atoms with Crippen LogP contribution in [-0.4, -0.2) is 54.0 Å². The highest BCUT2D eigenvalue weighted by Gasteiger charge is 2.41. The maximum atomic E-state index is 13.6. The molecule has 2 aliphatic rings. The summed E-state index contributed by atoms with van der Waals surface area (Å²) in [4.78, 5) is 41.2. The van der Waals surface area contributed by atoms with Crippen LogP contribution in [0.5, 0.6) is 0 Å². The number of nitrogens with zero attached hydrogens (tertiary/aromatic N) is 2. The lowest BCUT2D eigenvalue weighted by Gasteiger charge is -2.33. The van der Waals surface area contributed by atoms with Crippen LogP contribution in [0.1, 0.15) is 73.4 Å². The molecular formula is C28H35N3O5S. The van der Waals surface area contributed by atoms with Gasteiger partial charge in [0, 0.05) is 25.6 Å². The minimum atomic E-state index is -4.01. The summed E-state index contributed by atoms with van der Waals surface area (Å²) < 4.78 is 26.6. The summed E-state index contributed by atoms with van der Waals surface area (Å²) in [5.41, 5.74) is 2.04. The third kappa shape index (κ3) is 5.87. The van der Waals surface area contributed by atoms with Crippen molar-refractivity contribution >= 4 is 27.7 Å². The molecule has 9 heteroatoms. The third-order valence-electron chi connectivity index (χ3n) is 7.21. The van der Waals surface area contributed by atoms with Crippen LogP contribution >= 0.6 is 0 Å². The van der Waals surface area contributed by atoms with Gasteiger partial charge in [-0.25, -0.2) is 12.7 Å². The number of amides is 3. The Morgan fingerprint density at radius 3 is 2.49 bits per heavy atom. The zero-order chi connectivity index (χ0) is 26.6. The third-order valence-corrected chi connectivity index (χ3v) is 9.05. The number of nitrogens with one attached hydrogen (secondary N) is 1. The van der Waals surface area contributed by atoms with Crippen LogP contribution in [0.25, 0.3) is 0 Å². The molecule has 1 aliphatic heterocycles. The molecule has 1 saturated carbocycles. The van der Waals surface area contributed by atoms with Gasteiger partial charge in [0.1, 0.15) is 10.9 Å². The summed E-state index contributed by atoms with van der Waals surface area (Å²) >= 11 is 0. The van der Waals surface area contributed by atoms with Crippen molar-refractivity contribution in [3.63, 3.8) is 0 Å². The molecule has 0 saturated heterocycles. The molecule has 1 fully saturated rings. The molecule has 1 atom stereocenters. The molecule has 2 aromatic rings. The van der Waals surface area contributed by atoms with Gasteiger partial charge in [0.25, 0.3) is 15.9 Å². The first-order valence-corrected chi connectivity index (χ1v) is 14.5. The molecule has 0 bridgehead atoms. The molecule has 4 rings (SSSR count). The van der Waals surface area contributed by atoms with E-state index in [1.165, 1.54) is 23.5 Å². The second-order valence-electron chi connectivity index (χ2n) is 9.91. The van der Waals surface area contributed by atoms with E-state index in [-0.39, 0.29) is 47.8 Å². The van der Waals surface area contributed by atoms with Crippen LogP contribution < -0.4 is 5.32 Å². The van der Waals surface area contributed by atoms with Crippen molar-refractivity contribution in [3.05, 3.63) is 65.2 Å². The zero-order valence-corrected chi connectivity index (χ0v) is 22.3. The Balaban J connectivity index is 1.53. The second-order valence-corrected chi connectivity index (χ2v) is 11.7. The fraction of sp³-hybridized carbons (Fsp3) is 0.464. The summed E-state index contributed by atoms with van der Waals surface area (Å²) in [6.45, 7) is 3.77. The molecule has 3 amide bonds. The van der Waals surface area contributed by atoms with E-state index in [4.69, 9.17) is 0 Å². The van der Waals surface area contributed by atoms with E-state index < -0.39 is 22.0 Å². The number of carbonyl (C=O) groups excluding carboxylic acids is 3. The van der Waals surface area contributed by atoms with E-state index in [1.807, 2.05) is 38.1 Å². The number of carbonyl (C=O) groups is 3. The monoisotopic (exact) mass is 525 g/mol. The van der Waals surface area contributed by atoms with Crippen molar-refractivity contribution in [1.82, 2.24) is 14.5 Å². The van der Waals surface area contributed by atoms with Crippen LogP contribution in [0.3, 0.4) is 0 Å². The van der Waals surface area contributed by atoms with Gasteiger partial charge in [0.15, 0.2) is 0 Å². The van der Waals surface area contributed by atoms with Crippen LogP contribution in [0.2, 0.25) is 0 Å². The lowest BCUT2D eigenvalue weighted by atomic mass is 9.95. The van der Waals surface area contributed by atoms with Crippen LogP contribution in [0, 0.1) is 6.92 Å². The van der Waals surface area contributed by atoms with Crippen LogP contribution in [0.15, 0.2) is 53.4 Å². The Hall–Kier alpha value is -3.20. The standard InChI is InChI=1S/C28H35N3O5S/c1-3-24(27(33)29-22-12-5-4-6-13-22)30(19-21-11-9-10-20(2)18-21)26(32)16-17-31-28(34)23-14-7-8-15-25(23)37(31,35)36/h7-11,14-15,18,22,24H,3-6,12-13,16-17,19H2,1-2H3,(H,29,33)/t24-/m0/s1. The van der Waals surface area contributed by atoms with Crippen molar-refractivity contribution in [3.8, 4) is 0 Å². The molecule has 1 aliphatic carbocycles. The first-order chi connectivity index (χ1) is 17.7. The molecule has 198 valence electrons. The summed E-state index contributed by atoms with van der Waals surface area (Å²) in [7, 11) is -4.01. The van der Waals surface area contributed by atoms with Gasteiger partial charge < -0.3 is 10.2 Å². The van der Waals surface area contributed by atoms with Gasteiger partial charge in [-0.15, -0.1) is 0 Å². The van der Waals surface area contributed by atoms with Crippen molar-refractivity contribution in [2.75, 3.05) is 6.54 Å². The number of aryl methyl sites for hydroxylation is 1. The average Bonchev–Trinajstić information content (AvgIpc) is 3.08. The Morgan fingerprint density at radius 1 is 1.08 bits per heavy atom. The van der Waals surface area contributed by atoms with Crippen molar-refractivity contribution in [2.45, 2.75) is 82.3 Å². The number of hydrogen-bond donors (Lipinski definition) is 1. The highest BCUT2D eigenvalue weighted by molar-refractivity contribution is 7.90. The lowest BCUT2D eigenvalue weighted by molar-refractivity contribution is -0.141. The van der Waals surface area contributed by atoms with Gasteiger partial charge in [-0.05, 0) is 43.9 Å². The van der Waals surface area contributed by atoms with Gasteiger partial charge in [-0.1, -0.05) is 68.1 Å². The molecule has 0 unspecified atom stereocenters. The Labute approximate surface area is 219 Å². The Morgan fingerprint density at radius 2 is 1.81 bits per heavy atom. The molecule has 37 heavy (non-hydrogen) atoms. The fourth-order valence-corrected chi connectivity index (χ4v) is 6.83. The van der Waals surface area contributed by atoms with Crippen LogP contribution in [0.4, 0.5) is 0 Å². The highest BCUT2D eigenvalue weighted by atomic mass is 32.2. The number of sulfonamides is 1. The fourth-order valence-electron chi connectivity index (χ4n) is 5.26. The number of hydrogen-bond acceptors (Lipinski definition) is 5. The summed E-state index contributed by atoms with van der Waals surface area (Å²) in [6, 6.07) is 13.2. The van der Waals surface area contributed by atoms with Gasteiger partial charge in [0.2, 0.25) is 11.8 Å². The SMILES string of the molecule is CC[C@@H](C(=O)NC1CCCCC1)N(Cc1cccc(C)c1)C(=O)CCN1C(=O)c2ccccc2S1(=O)=O. The minimum Gasteiger partial charge on any atom is -0.352 e. The molecule has 0 radical (unpaired) electrons. The predicted octanol–water partition coefficient (Wildman–Crippen LogP) is 3.79. The van der Waals surface area contributed by atoms with E-state index in [2.05, 4.69) is 5.32 Å². The minimum absolute atomic E-state index is 0.0395. The number of rotatable bonds is 9. The Bertz CT molecular complexity index is 1270. The van der Waals surface area contributed by atoms with E-state index in [1.54, 1.807) is 12.1 Å². The van der Waals surface area contributed by atoms with Crippen molar-refractivity contribution < 1.29 is 22.8 Å². The number of fused-ring (bicyclic) bond motifs is 1. The Kier molecular flexibility index (Phi) is 8.32. The van der Waals surface area contributed by atoms with Crippen molar-refractivity contribution in [1.29, 1.82) is 0 Å². The smallest absolute Gasteiger partial charge is 0.269 e. The predicted molar refractivity (Wildman–Crippen MR) is 140 cm³/mol. The maximum absolute atomic E-state index is 13.6. The maximum Gasteiger partial charge on any atom is 0.269 e. The quantitative estimate of drug-likeness (QED) is 0.537. The normalized spacial score (nSPS) is 17.8. The number of benzene rings is 2. The van der Waals surface area contributed by atoms with Gasteiger partial charge >= 0.3 is 0 Å².